The van der Waals surface area contributed by atoms with Crippen LogP contribution < -0.4 is 5.32 Å². The molecule has 0 saturated carbocycles. The fourth-order valence-corrected chi connectivity index (χ4v) is 1.73. The van der Waals surface area contributed by atoms with E-state index >= 15 is 0 Å². The number of amides is 1. The molecule has 4 nitrogen and oxygen atoms in total. The summed E-state index contributed by atoms with van der Waals surface area (Å²) in [5, 5.41) is 12.5. The van der Waals surface area contributed by atoms with Crippen molar-refractivity contribution < 1.29 is 9.90 Å². The summed E-state index contributed by atoms with van der Waals surface area (Å²) in [6.07, 6.45) is 1.65. The number of likely N-dealkylation sites (N-methyl/N-ethyl adjacent to an activating group) is 1. The van der Waals surface area contributed by atoms with E-state index in [0.29, 0.717) is 6.54 Å². The summed E-state index contributed by atoms with van der Waals surface area (Å²) in [7, 11) is 0. The maximum absolute atomic E-state index is 11.8. The highest BCUT2D eigenvalue weighted by molar-refractivity contribution is 5.78. The monoisotopic (exact) mass is 230 g/mol. The van der Waals surface area contributed by atoms with Gasteiger partial charge in [-0.05, 0) is 26.7 Å². The van der Waals surface area contributed by atoms with E-state index in [9.17, 15) is 9.90 Å². The van der Waals surface area contributed by atoms with Crippen LogP contribution in [-0.4, -0.2) is 47.7 Å². The average Bonchev–Trinajstić information content (AvgIpc) is 2.33. The molecule has 0 aromatic heterocycles. The molecule has 0 spiro atoms. The molecule has 0 aliphatic carbocycles. The Balaban J connectivity index is 4.25. The van der Waals surface area contributed by atoms with E-state index in [1.54, 1.807) is 4.90 Å². The van der Waals surface area contributed by atoms with Crippen LogP contribution in [0.15, 0.2) is 0 Å². The molecule has 0 radical (unpaired) electrons. The minimum absolute atomic E-state index is 0.0749. The zero-order valence-corrected chi connectivity index (χ0v) is 11.0. The molecule has 0 bridgehead atoms. The molecule has 0 aromatic rings. The molecule has 0 heterocycles. The molecular formula is C12H26N2O2. The Morgan fingerprint density at radius 2 is 1.69 bits per heavy atom. The van der Waals surface area contributed by atoms with Gasteiger partial charge in [0.1, 0.15) is 0 Å². The SMILES string of the molecule is CCN(CC)C(=O)CNC(CC)(CC)CO. The van der Waals surface area contributed by atoms with Gasteiger partial charge in [-0.25, -0.2) is 0 Å². The lowest BCUT2D eigenvalue weighted by atomic mass is 9.94. The summed E-state index contributed by atoms with van der Waals surface area (Å²) >= 11 is 0. The molecule has 16 heavy (non-hydrogen) atoms. The first-order chi connectivity index (χ1) is 7.59. The van der Waals surface area contributed by atoms with Crippen molar-refractivity contribution in [2.24, 2.45) is 0 Å². The van der Waals surface area contributed by atoms with Crippen LogP contribution in [0.4, 0.5) is 0 Å². The van der Waals surface area contributed by atoms with Crippen LogP contribution in [0.2, 0.25) is 0 Å². The van der Waals surface area contributed by atoms with Crippen molar-refractivity contribution in [2.45, 2.75) is 46.1 Å². The Morgan fingerprint density at radius 1 is 1.19 bits per heavy atom. The van der Waals surface area contributed by atoms with Gasteiger partial charge in [0.25, 0.3) is 0 Å². The van der Waals surface area contributed by atoms with E-state index in [1.807, 2.05) is 27.7 Å². The van der Waals surface area contributed by atoms with Crippen molar-refractivity contribution in [1.29, 1.82) is 0 Å². The van der Waals surface area contributed by atoms with Crippen molar-refractivity contribution in [3.05, 3.63) is 0 Å². The van der Waals surface area contributed by atoms with Gasteiger partial charge in [0.2, 0.25) is 5.91 Å². The van der Waals surface area contributed by atoms with E-state index in [2.05, 4.69) is 5.32 Å². The van der Waals surface area contributed by atoms with Gasteiger partial charge in [0, 0.05) is 18.6 Å². The van der Waals surface area contributed by atoms with Crippen molar-refractivity contribution in [1.82, 2.24) is 10.2 Å². The van der Waals surface area contributed by atoms with E-state index in [0.717, 1.165) is 25.9 Å². The van der Waals surface area contributed by atoms with E-state index in [-0.39, 0.29) is 18.1 Å². The van der Waals surface area contributed by atoms with Gasteiger partial charge in [0.15, 0.2) is 0 Å². The second-order valence-electron chi connectivity index (χ2n) is 4.07. The Kier molecular flexibility index (Phi) is 7.34. The Hall–Kier alpha value is -0.610. The Bertz CT molecular complexity index is 191. The second kappa shape index (κ2) is 7.63. The minimum Gasteiger partial charge on any atom is -0.394 e. The third kappa shape index (κ3) is 4.10. The highest BCUT2D eigenvalue weighted by atomic mass is 16.3. The van der Waals surface area contributed by atoms with Gasteiger partial charge >= 0.3 is 0 Å². The number of hydrogen-bond acceptors (Lipinski definition) is 3. The van der Waals surface area contributed by atoms with Crippen LogP contribution in [0.3, 0.4) is 0 Å². The number of aliphatic hydroxyl groups excluding tert-OH is 1. The third-order valence-electron chi connectivity index (χ3n) is 3.39. The van der Waals surface area contributed by atoms with Gasteiger partial charge in [0.05, 0.1) is 13.2 Å². The number of aliphatic hydroxyl groups is 1. The van der Waals surface area contributed by atoms with E-state index in [4.69, 9.17) is 0 Å². The maximum atomic E-state index is 11.8. The molecule has 0 unspecified atom stereocenters. The van der Waals surface area contributed by atoms with Crippen molar-refractivity contribution >= 4 is 5.91 Å². The van der Waals surface area contributed by atoms with Crippen LogP contribution in [0, 0.1) is 0 Å². The minimum atomic E-state index is -0.303. The number of rotatable bonds is 8. The molecule has 96 valence electrons. The molecule has 0 saturated heterocycles. The van der Waals surface area contributed by atoms with Crippen molar-refractivity contribution in [2.75, 3.05) is 26.2 Å². The highest BCUT2D eigenvalue weighted by Gasteiger charge is 2.25. The van der Waals surface area contributed by atoms with Crippen LogP contribution >= 0.6 is 0 Å². The predicted molar refractivity (Wildman–Crippen MR) is 66.3 cm³/mol. The zero-order chi connectivity index (χ0) is 12.6. The van der Waals surface area contributed by atoms with Crippen LogP contribution in [0.5, 0.6) is 0 Å². The summed E-state index contributed by atoms with van der Waals surface area (Å²) in [5.41, 5.74) is -0.303. The number of carbonyl (C=O) groups is 1. The fourth-order valence-electron chi connectivity index (χ4n) is 1.73. The lowest BCUT2D eigenvalue weighted by Gasteiger charge is -2.31. The number of nitrogens with zero attached hydrogens (tertiary/aromatic N) is 1. The quantitative estimate of drug-likeness (QED) is 0.654. The predicted octanol–water partition coefficient (Wildman–Crippen LogP) is 0.995. The summed E-state index contributed by atoms with van der Waals surface area (Å²) < 4.78 is 0. The highest BCUT2D eigenvalue weighted by Crippen LogP contribution is 2.13. The molecule has 0 atom stereocenters. The molecule has 0 aromatic carbocycles. The normalized spacial score (nSPS) is 11.6. The molecule has 0 fully saturated rings. The molecule has 0 aliphatic heterocycles. The van der Waals surface area contributed by atoms with Gasteiger partial charge < -0.3 is 15.3 Å². The third-order valence-corrected chi connectivity index (χ3v) is 3.39. The van der Waals surface area contributed by atoms with Gasteiger partial charge in [-0.3, -0.25) is 4.79 Å². The summed E-state index contributed by atoms with van der Waals surface area (Å²) in [6, 6.07) is 0. The van der Waals surface area contributed by atoms with E-state index < -0.39 is 0 Å². The number of carbonyl (C=O) groups excluding carboxylic acids is 1. The zero-order valence-electron chi connectivity index (χ0n) is 11.0. The topological polar surface area (TPSA) is 52.6 Å². The van der Waals surface area contributed by atoms with Crippen LogP contribution in [0.1, 0.15) is 40.5 Å². The average molecular weight is 230 g/mol. The first-order valence-corrected chi connectivity index (χ1v) is 6.22. The molecular weight excluding hydrogens is 204 g/mol. The Labute approximate surface area is 99.0 Å². The number of nitrogens with one attached hydrogen (secondary N) is 1. The summed E-state index contributed by atoms with van der Waals surface area (Å²) in [6.45, 7) is 9.85. The van der Waals surface area contributed by atoms with Gasteiger partial charge in [-0.1, -0.05) is 13.8 Å². The van der Waals surface area contributed by atoms with Crippen molar-refractivity contribution in [3.8, 4) is 0 Å². The maximum Gasteiger partial charge on any atom is 0.236 e. The number of hydrogen-bond donors (Lipinski definition) is 2. The molecule has 0 aliphatic rings. The van der Waals surface area contributed by atoms with Crippen molar-refractivity contribution in [3.63, 3.8) is 0 Å². The first-order valence-electron chi connectivity index (χ1n) is 6.22. The second-order valence-corrected chi connectivity index (χ2v) is 4.07. The van der Waals surface area contributed by atoms with Gasteiger partial charge in [-0.2, -0.15) is 0 Å². The van der Waals surface area contributed by atoms with Gasteiger partial charge in [-0.15, -0.1) is 0 Å². The molecule has 2 N–H and O–H groups in total. The lowest BCUT2D eigenvalue weighted by Crippen LogP contribution is -2.51. The Morgan fingerprint density at radius 3 is 2.00 bits per heavy atom. The molecule has 1 amide bonds. The first kappa shape index (κ1) is 15.4. The molecule has 0 rings (SSSR count). The summed E-state index contributed by atoms with van der Waals surface area (Å²) in [4.78, 5) is 13.6. The molecule has 4 heteroatoms. The van der Waals surface area contributed by atoms with Crippen LogP contribution in [-0.2, 0) is 4.79 Å². The lowest BCUT2D eigenvalue weighted by molar-refractivity contribution is -0.130. The smallest absolute Gasteiger partial charge is 0.236 e. The van der Waals surface area contributed by atoms with Crippen LogP contribution in [0.25, 0.3) is 0 Å². The standard InChI is InChI=1S/C12H26N2O2/c1-5-12(6-2,10-15)13-9-11(16)14(7-3)8-4/h13,15H,5-10H2,1-4H3. The fraction of sp³-hybridized carbons (Fsp3) is 0.917. The summed E-state index contributed by atoms with van der Waals surface area (Å²) in [5.74, 6) is 0.102. The largest absolute Gasteiger partial charge is 0.394 e. The van der Waals surface area contributed by atoms with E-state index in [1.165, 1.54) is 0 Å².